The third-order valence-electron chi connectivity index (χ3n) is 3.12. The van der Waals surface area contributed by atoms with Crippen molar-refractivity contribution in [1.29, 1.82) is 0 Å². The van der Waals surface area contributed by atoms with Gasteiger partial charge >= 0.3 is 0 Å². The number of rotatable bonds is 2. The lowest BCUT2D eigenvalue weighted by Gasteiger charge is -2.09. The number of benzene rings is 1. The van der Waals surface area contributed by atoms with E-state index in [2.05, 4.69) is 15.3 Å². The molecule has 0 saturated carbocycles. The van der Waals surface area contributed by atoms with Crippen molar-refractivity contribution in [2.45, 2.75) is 13.0 Å². The van der Waals surface area contributed by atoms with Crippen LogP contribution in [0.3, 0.4) is 0 Å². The van der Waals surface area contributed by atoms with Crippen LogP contribution in [0.5, 0.6) is 5.75 Å². The molecule has 110 valence electrons. The zero-order valence-corrected chi connectivity index (χ0v) is 13.3. The van der Waals surface area contributed by atoms with E-state index in [1.165, 1.54) is 0 Å². The smallest absolute Gasteiger partial charge is 0.141 e. The van der Waals surface area contributed by atoms with Crippen LogP contribution in [0.1, 0.15) is 11.4 Å². The topological polar surface area (TPSA) is 49.9 Å². The highest BCUT2D eigenvalue weighted by molar-refractivity contribution is 6.30. The van der Waals surface area contributed by atoms with Gasteiger partial charge in [0.1, 0.15) is 11.6 Å². The van der Waals surface area contributed by atoms with E-state index in [1.807, 2.05) is 18.2 Å². The molecule has 0 radical (unpaired) electrons. The first-order valence-electron chi connectivity index (χ1n) is 5.90. The number of H-pyrrole nitrogens is 1. The molecule has 1 aromatic heterocycles. The minimum Gasteiger partial charge on any atom is -0.496 e. The highest BCUT2D eigenvalue weighted by Gasteiger charge is 2.17. The summed E-state index contributed by atoms with van der Waals surface area (Å²) in [5.41, 5.74) is 3.18. The zero-order valence-electron chi connectivity index (χ0n) is 10.9. The second-order valence-electron chi connectivity index (χ2n) is 4.28. The van der Waals surface area contributed by atoms with Crippen LogP contribution in [-0.4, -0.2) is 23.6 Å². The Kier molecular flexibility index (Phi) is 6.14. The van der Waals surface area contributed by atoms with Gasteiger partial charge in [0, 0.05) is 24.5 Å². The van der Waals surface area contributed by atoms with Crippen molar-refractivity contribution < 1.29 is 4.74 Å². The number of fused-ring (bicyclic) bond motifs is 1. The second kappa shape index (κ2) is 7.18. The van der Waals surface area contributed by atoms with Gasteiger partial charge in [0.05, 0.1) is 24.1 Å². The van der Waals surface area contributed by atoms with Crippen LogP contribution >= 0.6 is 36.4 Å². The predicted molar refractivity (Wildman–Crippen MR) is 85.5 cm³/mol. The number of methoxy groups -OCH3 is 1. The summed E-state index contributed by atoms with van der Waals surface area (Å²) in [5.74, 6) is 1.60. The Labute approximate surface area is 135 Å². The van der Waals surface area contributed by atoms with E-state index >= 15 is 0 Å². The number of ether oxygens (including phenoxy) is 1. The number of hydrogen-bond acceptors (Lipinski definition) is 3. The van der Waals surface area contributed by atoms with Gasteiger partial charge in [0.2, 0.25) is 0 Å². The molecular formula is C13H16Cl3N3O. The number of hydrogen-bond donors (Lipinski definition) is 2. The number of imidazole rings is 1. The predicted octanol–water partition coefficient (Wildman–Crippen LogP) is 3.23. The molecule has 0 saturated heterocycles. The molecule has 20 heavy (non-hydrogen) atoms. The van der Waals surface area contributed by atoms with Gasteiger partial charge in [-0.25, -0.2) is 4.98 Å². The highest BCUT2D eigenvalue weighted by atomic mass is 35.5. The first kappa shape index (κ1) is 17.1. The average molecular weight is 337 g/mol. The third kappa shape index (κ3) is 3.20. The van der Waals surface area contributed by atoms with E-state index in [9.17, 15) is 0 Å². The van der Waals surface area contributed by atoms with Crippen LogP contribution in [0.25, 0.3) is 11.4 Å². The summed E-state index contributed by atoms with van der Waals surface area (Å²) in [6.45, 7) is 1.81. The summed E-state index contributed by atoms with van der Waals surface area (Å²) in [5, 5.41) is 4.00. The first-order valence-corrected chi connectivity index (χ1v) is 6.28. The summed E-state index contributed by atoms with van der Waals surface area (Å²) in [4.78, 5) is 7.98. The fourth-order valence-electron chi connectivity index (χ4n) is 2.21. The maximum Gasteiger partial charge on any atom is 0.141 e. The van der Waals surface area contributed by atoms with E-state index in [-0.39, 0.29) is 24.8 Å². The quantitative estimate of drug-likeness (QED) is 0.885. The number of aromatic nitrogens is 2. The molecule has 0 atom stereocenters. The van der Waals surface area contributed by atoms with Crippen molar-refractivity contribution in [1.82, 2.24) is 15.3 Å². The normalized spacial score (nSPS) is 12.9. The molecule has 0 aliphatic carbocycles. The van der Waals surface area contributed by atoms with Gasteiger partial charge in [-0.2, -0.15) is 0 Å². The molecule has 0 spiro atoms. The summed E-state index contributed by atoms with van der Waals surface area (Å²) in [6, 6.07) is 5.55. The molecule has 2 heterocycles. The van der Waals surface area contributed by atoms with Gasteiger partial charge in [-0.1, -0.05) is 11.6 Å². The van der Waals surface area contributed by atoms with Crippen molar-refractivity contribution in [3.63, 3.8) is 0 Å². The molecule has 2 aromatic rings. The van der Waals surface area contributed by atoms with Gasteiger partial charge in [0.15, 0.2) is 0 Å². The standard InChI is InChI=1S/C13H14ClN3O.2ClH/c1-18-12-3-2-8(14)6-9(12)13-16-10-4-5-15-7-11(10)17-13;;/h2-3,6,15H,4-5,7H2,1H3,(H,16,17);2*1H. The minimum atomic E-state index is 0. The number of nitrogens with zero attached hydrogens (tertiary/aromatic N) is 1. The zero-order chi connectivity index (χ0) is 12.5. The highest BCUT2D eigenvalue weighted by Crippen LogP contribution is 2.31. The molecule has 3 rings (SSSR count). The average Bonchev–Trinajstić information content (AvgIpc) is 2.82. The molecule has 0 bridgehead atoms. The van der Waals surface area contributed by atoms with E-state index in [0.717, 1.165) is 48.0 Å². The summed E-state index contributed by atoms with van der Waals surface area (Å²) in [6.07, 6.45) is 0.953. The Morgan fingerprint density at radius 1 is 1.30 bits per heavy atom. The molecule has 0 fully saturated rings. The van der Waals surface area contributed by atoms with Crippen LogP contribution in [0.15, 0.2) is 18.2 Å². The lowest BCUT2D eigenvalue weighted by molar-refractivity contribution is 0.416. The van der Waals surface area contributed by atoms with Crippen molar-refractivity contribution in [3.8, 4) is 17.1 Å². The maximum atomic E-state index is 6.04. The lowest BCUT2D eigenvalue weighted by Crippen LogP contribution is -2.23. The fourth-order valence-corrected chi connectivity index (χ4v) is 2.38. The van der Waals surface area contributed by atoms with Gasteiger partial charge in [0.25, 0.3) is 0 Å². The first-order chi connectivity index (χ1) is 8.78. The molecule has 0 amide bonds. The molecule has 2 N–H and O–H groups in total. The van der Waals surface area contributed by atoms with Crippen LogP contribution in [0.4, 0.5) is 0 Å². The molecule has 4 nitrogen and oxygen atoms in total. The van der Waals surface area contributed by atoms with Crippen molar-refractivity contribution in [2.75, 3.05) is 13.7 Å². The molecule has 1 aromatic carbocycles. The fraction of sp³-hybridized carbons (Fsp3) is 0.308. The summed E-state index contributed by atoms with van der Waals surface area (Å²) in [7, 11) is 1.65. The van der Waals surface area contributed by atoms with Gasteiger partial charge in [-0.3, -0.25) is 0 Å². The van der Waals surface area contributed by atoms with E-state index < -0.39 is 0 Å². The number of halogens is 3. The van der Waals surface area contributed by atoms with Crippen molar-refractivity contribution in [2.24, 2.45) is 0 Å². The second-order valence-corrected chi connectivity index (χ2v) is 4.72. The van der Waals surface area contributed by atoms with Gasteiger partial charge < -0.3 is 15.0 Å². The molecule has 1 aliphatic rings. The molecule has 1 aliphatic heterocycles. The molecule has 7 heteroatoms. The Hall–Kier alpha value is -0.940. The monoisotopic (exact) mass is 335 g/mol. The van der Waals surface area contributed by atoms with Crippen LogP contribution in [0, 0.1) is 0 Å². The van der Waals surface area contributed by atoms with Crippen LogP contribution in [-0.2, 0) is 13.0 Å². The van der Waals surface area contributed by atoms with Crippen molar-refractivity contribution >= 4 is 36.4 Å². The van der Waals surface area contributed by atoms with Gasteiger partial charge in [-0.15, -0.1) is 24.8 Å². The Morgan fingerprint density at radius 3 is 2.80 bits per heavy atom. The van der Waals surface area contributed by atoms with Crippen molar-refractivity contribution in [3.05, 3.63) is 34.6 Å². The minimum absolute atomic E-state index is 0. The SMILES string of the molecule is COc1ccc(Cl)cc1-c1nc2c([nH]1)CNCC2.Cl.Cl. The van der Waals surface area contributed by atoms with E-state index in [4.69, 9.17) is 16.3 Å². The Morgan fingerprint density at radius 2 is 2.10 bits per heavy atom. The van der Waals surface area contributed by atoms with E-state index in [0.29, 0.717) is 5.02 Å². The summed E-state index contributed by atoms with van der Waals surface area (Å²) >= 11 is 6.04. The number of nitrogens with one attached hydrogen (secondary N) is 2. The van der Waals surface area contributed by atoms with E-state index in [1.54, 1.807) is 7.11 Å². The Balaban J connectivity index is 0.000001000. The molecule has 0 unspecified atom stereocenters. The van der Waals surface area contributed by atoms with Gasteiger partial charge in [-0.05, 0) is 18.2 Å². The summed E-state index contributed by atoms with van der Waals surface area (Å²) < 4.78 is 5.35. The van der Waals surface area contributed by atoms with Crippen LogP contribution < -0.4 is 10.1 Å². The number of aromatic amines is 1. The maximum absolute atomic E-state index is 6.04. The lowest BCUT2D eigenvalue weighted by atomic mass is 10.2. The third-order valence-corrected chi connectivity index (χ3v) is 3.36. The Bertz CT molecular complexity index is 563. The van der Waals surface area contributed by atoms with Crippen LogP contribution in [0.2, 0.25) is 5.02 Å². The molecular weight excluding hydrogens is 321 g/mol. The largest absolute Gasteiger partial charge is 0.496 e.